The molecule has 2 aromatic rings. The number of aliphatic imine (C=N–C) groups is 1. The lowest BCUT2D eigenvalue weighted by atomic mass is 10.1. The molecule has 0 aliphatic carbocycles. The molecule has 3 rings (SSSR count). The Kier molecular flexibility index (Phi) is 5.97. The van der Waals surface area contributed by atoms with Crippen molar-refractivity contribution in [1.29, 1.82) is 0 Å². The molecular weight excluding hydrogens is 394 g/mol. The number of esters is 1. The van der Waals surface area contributed by atoms with Gasteiger partial charge in [-0.05, 0) is 31.5 Å². The first-order valence-corrected chi connectivity index (χ1v) is 10.5. The molecule has 2 atom stereocenters. The second kappa shape index (κ2) is 8.44. The van der Waals surface area contributed by atoms with Crippen molar-refractivity contribution < 1.29 is 22.7 Å². The molecule has 0 spiro atoms. The quantitative estimate of drug-likeness (QED) is 0.695. The van der Waals surface area contributed by atoms with Gasteiger partial charge in [0.1, 0.15) is 11.9 Å². The van der Waals surface area contributed by atoms with E-state index in [4.69, 9.17) is 4.74 Å². The minimum absolute atomic E-state index is 0.0761. The van der Waals surface area contributed by atoms with Crippen molar-refractivity contribution in [2.45, 2.75) is 30.8 Å². The number of amidine groups is 1. The standard InChI is InChI=1S/C20H21N3O5S/c1-13(15-8-4-3-5-9-15)21-18(24)12-28-20(25)14(2)22-19-16-10-6-7-11-17(16)29(26,27)23-19/h3-11,13-14H,12H2,1-2H3,(H,21,24)(H,22,23)/t13-,14-/m1/s1. The molecule has 0 fully saturated rings. The van der Waals surface area contributed by atoms with Crippen LogP contribution in [-0.4, -0.2) is 38.8 Å². The van der Waals surface area contributed by atoms with Crippen LogP contribution in [-0.2, 0) is 24.3 Å². The molecule has 1 aliphatic heterocycles. The maximum absolute atomic E-state index is 12.2. The number of fused-ring (bicyclic) bond motifs is 1. The summed E-state index contributed by atoms with van der Waals surface area (Å²) >= 11 is 0. The Bertz CT molecular complexity index is 1050. The Morgan fingerprint density at radius 2 is 1.72 bits per heavy atom. The number of benzene rings is 2. The molecule has 1 aliphatic rings. The lowest BCUT2D eigenvalue weighted by Crippen LogP contribution is -2.33. The fraction of sp³-hybridized carbons (Fsp3) is 0.250. The summed E-state index contributed by atoms with van der Waals surface area (Å²) in [4.78, 5) is 28.4. The Balaban J connectivity index is 1.57. The van der Waals surface area contributed by atoms with Gasteiger partial charge in [-0.25, -0.2) is 13.2 Å². The van der Waals surface area contributed by atoms with Crippen molar-refractivity contribution in [3.63, 3.8) is 0 Å². The van der Waals surface area contributed by atoms with E-state index in [-0.39, 0.29) is 16.8 Å². The van der Waals surface area contributed by atoms with Gasteiger partial charge in [0, 0.05) is 5.56 Å². The zero-order valence-electron chi connectivity index (χ0n) is 16.0. The third-order valence-electron chi connectivity index (χ3n) is 4.35. The van der Waals surface area contributed by atoms with Crippen LogP contribution in [0.25, 0.3) is 0 Å². The Morgan fingerprint density at radius 3 is 2.45 bits per heavy atom. The number of ether oxygens (including phenoxy) is 1. The average Bonchev–Trinajstić information content (AvgIpc) is 2.97. The second-order valence-electron chi connectivity index (χ2n) is 6.56. The summed E-state index contributed by atoms with van der Waals surface area (Å²) in [6, 6.07) is 14.5. The van der Waals surface area contributed by atoms with Gasteiger partial charge in [0.25, 0.3) is 15.9 Å². The molecule has 0 saturated heterocycles. The van der Waals surface area contributed by atoms with Crippen LogP contribution in [0.1, 0.15) is 31.0 Å². The van der Waals surface area contributed by atoms with Crippen molar-refractivity contribution in [2.24, 2.45) is 4.99 Å². The number of amides is 1. The van der Waals surface area contributed by atoms with Crippen LogP contribution in [0.3, 0.4) is 0 Å². The predicted octanol–water partition coefficient (Wildman–Crippen LogP) is 1.53. The highest BCUT2D eigenvalue weighted by Crippen LogP contribution is 2.22. The van der Waals surface area contributed by atoms with E-state index >= 15 is 0 Å². The van der Waals surface area contributed by atoms with Gasteiger partial charge >= 0.3 is 5.97 Å². The molecule has 9 heteroatoms. The molecule has 2 aromatic carbocycles. The van der Waals surface area contributed by atoms with Crippen molar-refractivity contribution in [2.75, 3.05) is 6.61 Å². The first-order valence-electron chi connectivity index (χ1n) is 8.99. The highest BCUT2D eigenvalue weighted by Gasteiger charge is 2.31. The minimum Gasteiger partial charge on any atom is -0.454 e. The molecule has 1 amide bonds. The van der Waals surface area contributed by atoms with Gasteiger partial charge in [-0.1, -0.05) is 42.5 Å². The highest BCUT2D eigenvalue weighted by molar-refractivity contribution is 7.90. The van der Waals surface area contributed by atoms with Crippen LogP contribution in [0.4, 0.5) is 0 Å². The lowest BCUT2D eigenvalue weighted by Gasteiger charge is -2.15. The van der Waals surface area contributed by atoms with E-state index in [1.54, 1.807) is 18.2 Å². The van der Waals surface area contributed by atoms with E-state index in [0.717, 1.165) is 5.56 Å². The van der Waals surface area contributed by atoms with Gasteiger partial charge in [-0.3, -0.25) is 14.5 Å². The first kappa shape index (κ1) is 20.5. The smallest absolute Gasteiger partial charge is 0.331 e. The van der Waals surface area contributed by atoms with Crippen LogP contribution >= 0.6 is 0 Å². The molecule has 0 radical (unpaired) electrons. The molecule has 0 bridgehead atoms. The number of nitrogens with zero attached hydrogens (tertiary/aromatic N) is 1. The van der Waals surface area contributed by atoms with E-state index in [1.807, 2.05) is 37.3 Å². The topological polar surface area (TPSA) is 114 Å². The van der Waals surface area contributed by atoms with Gasteiger partial charge in [-0.2, -0.15) is 0 Å². The summed E-state index contributed by atoms with van der Waals surface area (Å²) in [5.74, 6) is -1.10. The van der Waals surface area contributed by atoms with E-state index in [0.29, 0.717) is 5.56 Å². The minimum atomic E-state index is -3.69. The zero-order valence-corrected chi connectivity index (χ0v) is 16.8. The summed E-state index contributed by atoms with van der Waals surface area (Å²) in [5.41, 5.74) is 1.32. The number of nitrogens with one attached hydrogen (secondary N) is 2. The normalized spacial score (nSPS) is 17.7. The van der Waals surface area contributed by atoms with Crippen LogP contribution < -0.4 is 10.0 Å². The van der Waals surface area contributed by atoms with E-state index in [1.165, 1.54) is 13.0 Å². The SMILES string of the molecule is C[C@@H](N=C1NS(=O)(=O)c2ccccc21)C(=O)OCC(=O)N[C@H](C)c1ccccc1. The van der Waals surface area contributed by atoms with Crippen LogP contribution in [0.5, 0.6) is 0 Å². The summed E-state index contributed by atoms with van der Waals surface area (Å²) in [7, 11) is -3.69. The number of sulfonamides is 1. The molecule has 29 heavy (non-hydrogen) atoms. The van der Waals surface area contributed by atoms with Gasteiger partial charge in [0.15, 0.2) is 6.61 Å². The fourth-order valence-corrected chi connectivity index (χ4v) is 4.08. The van der Waals surface area contributed by atoms with Crippen molar-refractivity contribution in [3.8, 4) is 0 Å². The summed E-state index contributed by atoms with van der Waals surface area (Å²) in [6.45, 7) is 2.84. The van der Waals surface area contributed by atoms with Gasteiger partial charge < -0.3 is 10.1 Å². The van der Waals surface area contributed by atoms with Crippen molar-refractivity contribution >= 4 is 27.7 Å². The predicted molar refractivity (Wildman–Crippen MR) is 107 cm³/mol. The molecule has 8 nitrogen and oxygen atoms in total. The maximum atomic E-state index is 12.2. The van der Waals surface area contributed by atoms with Gasteiger partial charge in [0.05, 0.1) is 10.9 Å². The van der Waals surface area contributed by atoms with Gasteiger partial charge in [0.2, 0.25) is 0 Å². The molecule has 1 heterocycles. The van der Waals surface area contributed by atoms with Crippen molar-refractivity contribution in [3.05, 3.63) is 65.7 Å². The number of hydrogen-bond donors (Lipinski definition) is 2. The molecule has 0 saturated carbocycles. The number of carbonyl (C=O) groups excluding carboxylic acids is 2. The summed E-state index contributed by atoms with van der Waals surface area (Å²) in [5, 5.41) is 2.74. The molecule has 152 valence electrons. The maximum Gasteiger partial charge on any atom is 0.331 e. The number of rotatable bonds is 6. The zero-order chi connectivity index (χ0) is 21.0. The van der Waals surface area contributed by atoms with E-state index in [2.05, 4.69) is 15.0 Å². The number of carbonyl (C=O) groups is 2. The summed E-state index contributed by atoms with van der Waals surface area (Å²) < 4.78 is 31.5. The Morgan fingerprint density at radius 1 is 1.07 bits per heavy atom. The third kappa shape index (κ3) is 4.80. The second-order valence-corrected chi connectivity index (χ2v) is 8.21. The largest absolute Gasteiger partial charge is 0.454 e. The van der Waals surface area contributed by atoms with E-state index in [9.17, 15) is 18.0 Å². The average molecular weight is 415 g/mol. The molecule has 2 N–H and O–H groups in total. The highest BCUT2D eigenvalue weighted by atomic mass is 32.2. The lowest BCUT2D eigenvalue weighted by molar-refractivity contribution is -0.149. The van der Waals surface area contributed by atoms with E-state index < -0.39 is 34.5 Å². The molecule has 0 unspecified atom stereocenters. The monoisotopic (exact) mass is 415 g/mol. The molecular formula is C20H21N3O5S. The van der Waals surface area contributed by atoms with Crippen LogP contribution in [0.2, 0.25) is 0 Å². The van der Waals surface area contributed by atoms with Crippen molar-refractivity contribution in [1.82, 2.24) is 10.0 Å². The first-order chi connectivity index (χ1) is 13.8. The Hall–Kier alpha value is -3.20. The Labute approximate surface area is 169 Å². The molecule has 0 aromatic heterocycles. The van der Waals surface area contributed by atoms with Gasteiger partial charge in [-0.15, -0.1) is 0 Å². The fourth-order valence-electron chi connectivity index (χ4n) is 2.84. The summed E-state index contributed by atoms with van der Waals surface area (Å²) in [6.07, 6.45) is 0. The number of hydrogen-bond acceptors (Lipinski definition) is 6. The van der Waals surface area contributed by atoms with Crippen LogP contribution in [0, 0.1) is 0 Å². The third-order valence-corrected chi connectivity index (χ3v) is 5.75. The van der Waals surface area contributed by atoms with Crippen LogP contribution in [0.15, 0.2) is 64.5 Å².